The Labute approximate surface area is 161 Å². The molecule has 2 heterocycles. The Kier molecular flexibility index (Phi) is 4.90. The highest BCUT2D eigenvalue weighted by atomic mass is 35.5. The molecule has 3 aromatic rings. The van der Waals surface area contributed by atoms with Gasteiger partial charge in [-0.3, -0.25) is 4.79 Å². The van der Waals surface area contributed by atoms with Gasteiger partial charge in [0.2, 0.25) is 5.91 Å². The van der Waals surface area contributed by atoms with Gasteiger partial charge in [0.15, 0.2) is 23.0 Å². The van der Waals surface area contributed by atoms with Crippen molar-refractivity contribution < 1.29 is 18.7 Å². The van der Waals surface area contributed by atoms with Gasteiger partial charge in [0, 0.05) is 18.5 Å². The van der Waals surface area contributed by atoms with Gasteiger partial charge in [-0.2, -0.15) is 0 Å². The molecule has 0 spiro atoms. The Hall–Kier alpha value is -2.73. The quantitative estimate of drug-likeness (QED) is 0.720. The van der Waals surface area contributed by atoms with Crippen LogP contribution in [0.25, 0.3) is 11.1 Å². The maximum Gasteiger partial charge on any atom is 0.228 e. The van der Waals surface area contributed by atoms with E-state index in [1.807, 2.05) is 13.0 Å². The summed E-state index contributed by atoms with van der Waals surface area (Å²) in [5.41, 5.74) is 2.87. The van der Waals surface area contributed by atoms with Crippen LogP contribution in [0.15, 0.2) is 34.7 Å². The van der Waals surface area contributed by atoms with Crippen LogP contribution >= 0.6 is 11.6 Å². The zero-order valence-corrected chi connectivity index (χ0v) is 15.6. The maximum atomic E-state index is 12.5. The van der Waals surface area contributed by atoms with Gasteiger partial charge in [-0.25, -0.2) is 4.98 Å². The molecule has 0 aliphatic carbocycles. The molecule has 0 bridgehead atoms. The van der Waals surface area contributed by atoms with Gasteiger partial charge in [-0.1, -0.05) is 18.5 Å². The van der Waals surface area contributed by atoms with Crippen LogP contribution < -0.4 is 14.8 Å². The lowest BCUT2D eigenvalue weighted by atomic mass is 10.1. The second kappa shape index (κ2) is 7.48. The molecule has 1 amide bonds. The second-order valence-electron chi connectivity index (χ2n) is 6.32. The van der Waals surface area contributed by atoms with Crippen LogP contribution in [0.4, 0.5) is 5.69 Å². The molecule has 1 N–H and O–H groups in total. The maximum absolute atomic E-state index is 12.5. The molecule has 27 heavy (non-hydrogen) atoms. The zero-order chi connectivity index (χ0) is 18.8. The molecule has 0 unspecified atom stereocenters. The average molecular weight is 387 g/mol. The minimum atomic E-state index is -0.154. The lowest BCUT2D eigenvalue weighted by molar-refractivity contribution is -0.115. The number of aromatic nitrogens is 1. The molecule has 1 aliphatic rings. The highest BCUT2D eigenvalue weighted by Gasteiger charge is 2.17. The number of hydrogen-bond donors (Lipinski definition) is 1. The predicted molar refractivity (Wildman–Crippen MR) is 103 cm³/mol. The molecular formula is C20H19ClN2O4. The SMILES string of the molecule is CCc1nc2cc(NC(=O)Cc3cc(Cl)c4c(c3)OCCCO4)ccc2o1. The summed E-state index contributed by atoms with van der Waals surface area (Å²) in [5.74, 6) is 1.65. The van der Waals surface area contributed by atoms with Crippen molar-refractivity contribution in [3.8, 4) is 11.5 Å². The van der Waals surface area contributed by atoms with Crippen molar-refractivity contribution in [1.82, 2.24) is 4.98 Å². The second-order valence-corrected chi connectivity index (χ2v) is 6.73. The van der Waals surface area contributed by atoms with Gasteiger partial charge < -0.3 is 19.2 Å². The lowest BCUT2D eigenvalue weighted by Crippen LogP contribution is -2.14. The summed E-state index contributed by atoms with van der Waals surface area (Å²) >= 11 is 6.29. The summed E-state index contributed by atoms with van der Waals surface area (Å²) in [6.45, 7) is 3.11. The molecule has 0 fully saturated rings. The van der Waals surface area contributed by atoms with Crippen molar-refractivity contribution in [1.29, 1.82) is 0 Å². The van der Waals surface area contributed by atoms with Crippen LogP contribution in [0.5, 0.6) is 11.5 Å². The predicted octanol–water partition coefficient (Wildman–Crippen LogP) is 4.39. The van der Waals surface area contributed by atoms with E-state index in [0.717, 1.165) is 23.9 Å². The number of ether oxygens (including phenoxy) is 2. The Balaban J connectivity index is 1.49. The largest absolute Gasteiger partial charge is 0.489 e. The summed E-state index contributed by atoms with van der Waals surface area (Å²) < 4.78 is 16.9. The van der Waals surface area contributed by atoms with Crippen molar-refractivity contribution in [2.75, 3.05) is 18.5 Å². The van der Waals surface area contributed by atoms with Gasteiger partial charge in [-0.15, -0.1) is 0 Å². The first-order chi connectivity index (χ1) is 13.1. The van der Waals surface area contributed by atoms with Gasteiger partial charge in [0.1, 0.15) is 5.52 Å². The number of benzene rings is 2. The van der Waals surface area contributed by atoms with Crippen LogP contribution in [0.1, 0.15) is 24.8 Å². The fourth-order valence-electron chi connectivity index (χ4n) is 2.98. The van der Waals surface area contributed by atoms with Crippen molar-refractivity contribution in [2.45, 2.75) is 26.2 Å². The third-order valence-electron chi connectivity index (χ3n) is 4.24. The first-order valence-corrected chi connectivity index (χ1v) is 9.27. The number of rotatable bonds is 4. The number of nitrogens with one attached hydrogen (secondary N) is 1. The molecule has 4 rings (SSSR count). The van der Waals surface area contributed by atoms with Crippen LogP contribution in [0.2, 0.25) is 5.02 Å². The Morgan fingerprint density at radius 3 is 2.93 bits per heavy atom. The minimum absolute atomic E-state index is 0.154. The van der Waals surface area contributed by atoms with Crippen LogP contribution in [-0.4, -0.2) is 24.1 Å². The lowest BCUT2D eigenvalue weighted by Gasteiger charge is -2.11. The number of nitrogens with zero attached hydrogens (tertiary/aromatic N) is 1. The first-order valence-electron chi connectivity index (χ1n) is 8.89. The van der Waals surface area contributed by atoms with E-state index in [0.29, 0.717) is 46.9 Å². The average Bonchev–Trinajstić information content (AvgIpc) is 2.90. The Bertz CT molecular complexity index is 999. The first kappa shape index (κ1) is 17.7. The summed E-state index contributed by atoms with van der Waals surface area (Å²) in [4.78, 5) is 16.8. The normalized spacial score (nSPS) is 13.4. The van der Waals surface area contributed by atoms with Gasteiger partial charge in [0.25, 0.3) is 0 Å². The third-order valence-corrected chi connectivity index (χ3v) is 4.53. The summed E-state index contributed by atoms with van der Waals surface area (Å²) in [7, 11) is 0. The molecule has 1 aromatic heterocycles. The van der Waals surface area contributed by atoms with Crippen molar-refractivity contribution in [3.63, 3.8) is 0 Å². The number of halogens is 1. The monoisotopic (exact) mass is 386 g/mol. The van der Waals surface area contributed by atoms with E-state index in [-0.39, 0.29) is 12.3 Å². The Morgan fingerprint density at radius 2 is 2.07 bits per heavy atom. The molecule has 7 heteroatoms. The molecule has 0 atom stereocenters. The van der Waals surface area contributed by atoms with Crippen molar-refractivity contribution in [3.05, 3.63) is 46.8 Å². The number of amides is 1. The minimum Gasteiger partial charge on any atom is -0.489 e. The molecular weight excluding hydrogens is 368 g/mol. The van der Waals surface area contributed by atoms with E-state index >= 15 is 0 Å². The molecule has 0 saturated carbocycles. The molecule has 2 aromatic carbocycles. The van der Waals surface area contributed by atoms with E-state index in [2.05, 4.69) is 10.3 Å². The van der Waals surface area contributed by atoms with Crippen molar-refractivity contribution >= 4 is 34.3 Å². The highest BCUT2D eigenvalue weighted by Crippen LogP contribution is 2.38. The molecule has 6 nitrogen and oxygen atoms in total. The van der Waals surface area contributed by atoms with Crippen LogP contribution in [0, 0.1) is 0 Å². The van der Waals surface area contributed by atoms with E-state index in [9.17, 15) is 4.79 Å². The molecule has 1 aliphatic heterocycles. The zero-order valence-electron chi connectivity index (χ0n) is 14.9. The molecule has 140 valence electrons. The van der Waals surface area contributed by atoms with E-state index in [1.54, 1.807) is 24.3 Å². The van der Waals surface area contributed by atoms with Gasteiger partial charge in [0.05, 0.1) is 24.7 Å². The fourth-order valence-corrected chi connectivity index (χ4v) is 3.27. The number of hydrogen-bond acceptors (Lipinski definition) is 5. The van der Waals surface area contributed by atoms with E-state index in [1.165, 1.54) is 0 Å². The third kappa shape index (κ3) is 3.85. The summed E-state index contributed by atoms with van der Waals surface area (Å²) in [5, 5.41) is 3.34. The van der Waals surface area contributed by atoms with Crippen LogP contribution in [0.3, 0.4) is 0 Å². The number of carbonyl (C=O) groups is 1. The number of aryl methyl sites for hydroxylation is 1. The van der Waals surface area contributed by atoms with E-state index < -0.39 is 0 Å². The molecule has 0 radical (unpaired) electrons. The standard InChI is InChI=1S/C20H19ClN2O4/c1-2-19-23-15-11-13(4-5-16(15)27-19)22-18(24)10-12-8-14(21)20-17(9-12)25-6-3-7-26-20/h4-5,8-9,11H,2-3,6-7,10H2,1H3,(H,22,24). The number of fused-ring (bicyclic) bond motifs is 2. The van der Waals surface area contributed by atoms with Gasteiger partial charge >= 0.3 is 0 Å². The highest BCUT2D eigenvalue weighted by molar-refractivity contribution is 6.32. The topological polar surface area (TPSA) is 73.6 Å². The van der Waals surface area contributed by atoms with Crippen molar-refractivity contribution in [2.24, 2.45) is 0 Å². The molecule has 0 saturated heterocycles. The summed E-state index contributed by atoms with van der Waals surface area (Å²) in [6, 6.07) is 8.95. The summed E-state index contributed by atoms with van der Waals surface area (Å²) in [6.07, 6.45) is 1.69. The number of carbonyl (C=O) groups excluding carboxylic acids is 1. The fraction of sp³-hybridized carbons (Fsp3) is 0.300. The number of oxazole rings is 1. The number of anilines is 1. The van der Waals surface area contributed by atoms with Crippen LogP contribution in [-0.2, 0) is 17.6 Å². The van der Waals surface area contributed by atoms with E-state index in [4.69, 9.17) is 25.5 Å². The Morgan fingerprint density at radius 1 is 1.22 bits per heavy atom. The smallest absolute Gasteiger partial charge is 0.228 e. The van der Waals surface area contributed by atoms with Gasteiger partial charge in [-0.05, 0) is 35.9 Å².